The van der Waals surface area contributed by atoms with Gasteiger partial charge in [0.2, 0.25) is 11.8 Å². The Labute approximate surface area is 119 Å². The molecule has 1 N–H and O–H groups in total. The van der Waals surface area contributed by atoms with Crippen molar-refractivity contribution in [1.82, 2.24) is 5.32 Å². The molecule has 0 aliphatic carbocycles. The highest BCUT2D eigenvalue weighted by Gasteiger charge is 2.35. The summed E-state index contributed by atoms with van der Waals surface area (Å²) in [4.78, 5) is 23.4. The van der Waals surface area contributed by atoms with Gasteiger partial charge < -0.3 is 4.74 Å². The first-order chi connectivity index (χ1) is 9.51. The van der Waals surface area contributed by atoms with E-state index in [0.29, 0.717) is 6.42 Å². The zero-order valence-electron chi connectivity index (χ0n) is 12.2. The van der Waals surface area contributed by atoms with Gasteiger partial charge in [-0.2, -0.15) is 0 Å². The Bertz CT molecular complexity index is 493. The van der Waals surface area contributed by atoms with Crippen LogP contribution in [-0.4, -0.2) is 17.9 Å². The summed E-state index contributed by atoms with van der Waals surface area (Å²) in [5.74, 6) is 0.297. The molecule has 1 heterocycles. The maximum atomic E-state index is 11.9. The molecule has 108 valence electrons. The third-order valence-corrected chi connectivity index (χ3v) is 3.61. The number of ether oxygens (including phenoxy) is 1. The number of amides is 2. The van der Waals surface area contributed by atoms with Crippen LogP contribution in [-0.2, 0) is 9.59 Å². The number of piperidine rings is 1. The largest absolute Gasteiger partial charge is 0.491 e. The molecule has 4 heteroatoms. The second kappa shape index (κ2) is 6.07. The molecule has 1 aliphatic heterocycles. The second-order valence-electron chi connectivity index (χ2n) is 5.47. The van der Waals surface area contributed by atoms with E-state index in [1.165, 1.54) is 0 Å². The van der Waals surface area contributed by atoms with E-state index >= 15 is 0 Å². The number of hydrogen-bond acceptors (Lipinski definition) is 3. The van der Waals surface area contributed by atoms with Crippen LogP contribution in [0.1, 0.15) is 45.1 Å². The molecule has 2 unspecified atom stereocenters. The normalized spacial score (nSPS) is 22.8. The predicted octanol–water partition coefficient (Wildman–Crippen LogP) is 2.63. The number of carbonyl (C=O) groups excluding carboxylic acids is 2. The Hall–Kier alpha value is -1.84. The second-order valence-corrected chi connectivity index (χ2v) is 5.47. The Kier molecular flexibility index (Phi) is 4.42. The number of carbonyl (C=O) groups is 2. The zero-order valence-corrected chi connectivity index (χ0v) is 12.2. The third-order valence-electron chi connectivity index (χ3n) is 3.61. The van der Waals surface area contributed by atoms with E-state index in [9.17, 15) is 9.59 Å². The lowest BCUT2D eigenvalue weighted by atomic mass is 9.79. The molecule has 4 nitrogen and oxygen atoms in total. The number of rotatable bonds is 4. The van der Waals surface area contributed by atoms with Crippen molar-refractivity contribution < 1.29 is 14.3 Å². The number of nitrogens with one attached hydrogen (secondary N) is 1. The average Bonchev–Trinajstić information content (AvgIpc) is 2.38. The summed E-state index contributed by atoms with van der Waals surface area (Å²) in [6, 6.07) is 7.71. The van der Waals surface area contributed by atoms with E-state index in [2.05, 4.69) is 5.32 Å². The molecule has 1 aliphatic rings. The summed E-state index contributed by atoms with van der Waals surface area (Å²) in [6.07, 6.45) is 1.23. The van der Waals surface area contributed by atoms with Crippen LogP contribution in [0, 0.1) is 5.92 Å². The van der Waals surface area contributed by atoms with Gasteiger partial charge in [0.05, 0.1) is 6.10 Å². The molecule has 0 radical (unpaired) electrons. The first-order valence-corrected chi connectivity index (χ1v) is 7.11. The Balaban J connectivity index is 2.20. The molecule has 0 spiro atoms. The van der Waals surface area contributed by atoms with Crippen molar-refractivity contribution >= 4 is 11.8 Å². The van der Waals surface area contributed by atoms with Crippen molar-refractivity contribution in [3.05, 3.63) is 29.8 Å². The van der Waals surface area contributed by atoms with Crippen LogP contribution in [0.3, 0.4) is 0 Å². The highest BCUT2D eigenvalue weighted by molar-refractivity contribution is 5.99. The van der Waals surface area contributed by atoms with E-state index in [-0.39, 0.29) is 29.8 Å². The van der Waals surface area contributed by atoms with Gasteiger partial charge in [-0.1, -0.05) is 19.1 Å². The van der Waals surface area contributed by atoms with Crippen LogP contribution in [0.25, 0.3) is 0 Å². The monoisotopic (exact) mass is 275 g/mol. The highest BCUT2D eigenvalue weighted by atomic mass is 16.5. The topological polar surface area (TPSA) is 55.4 Å². The standard InChI is InChI=1S/C16H21NO3/c1-4-13-14(9-15(18)17-16(13)19)11-5-7-12(8-6-11)20-10(2)3/h5-8,10,13-14H,4,9H2,1-3H3,(H,17,18,19). The summed E-state index contributed by atoms with van der Waals surface area (Å²) < 4.78 is 5.61. The van der Waals surface area contributed by atoms with Gasteiger partial charge in [0.15, 0.2) is 0 Å². The van der Waals surface area contributed by atoms with Crippen molar-refractivity contribution in [3.8, 4) is 5.75 Å². The van der Waals surface area contributed by atoms with Gasteiger partial charge in [-0.3, -0.25) is 14.9 Å². The summed E-state index contributed by atoms with van der Waals surface area (Å²) in [5, 5.41) is 2.41. The molecule has 0 saturated carbocycles. The van der Waals surface area contributed by atoms with Crippen LogP contribution >= 0.6 is 0 Å². The highest BCUT2D eigenvalue weighted by Crippen LogP contribution is 2.34. The first-order valence-electron chi connectivity index (χ1n) is 7.11. The molecule has 20 heavy (non-hydrogen) atoms. The Morgan fingerprint density at radius 3 is 2.45 bits per heavy atom. The molecule has 2 atom stereocenters. The molecular formula is C16H21NO3. The Morgan fingerprint density at radius 2 is 1.90 bits per heavy atom. The van der Waals surface area contributed by atoms with E-state index in [1.807, 2.05) is 45.0 Å². The lowest BCUT2D eigenvalue weighted by molar-refractivity contribution is -0.137. The van der Waals surface area contributed by atoms with Gasteiger partial charge in [-0.15, -0.1) is 0 Å². The van der Waals surface area contributed by atoms with Crippen LogP contribution in [0.4, 0.5) is 0 Å². The summed E-state index contributed by atoms with van der Waals surface area (Å²) >= 11 is 0. The molecule has 0 bridgehead atoms. The number of hydrogen-bond donors (Lipinski definition) is 1. The van der Waals surface area contributed by atoms with Crippen LogP contribution in [0.5, 0.6) is 5.75 Å². The summed E-state index contributed by atoms with van der Waals surface area (Å²) in [6.45, 7) is 5.93. The van der Waals surface area contributed by atoms with Crippen molar-refractivity contribution in [2.45, 2.75) is 45.6 Å². The number of benzene rings is 1. The van der Waals surface area contributed by atoms with Gasteiger partial charge >= 0.3 is 0 Å². The molecular weight excluding hydrogens is 254 g/mol. The SMILES string of the molecule is CCC1C(=O)NC(=O)CC1c1ccc(OC(C)C)cc1. The minimum Gasteiger partial charge on any atom is -0.491 e. The van der Waals surface area contributed by atoms with Crippen LogP contribution in [0.2, 0.25) is 0 Å². The van der Waals surface area contributed by atoms with Gasteiger partial charge in [0.25, 0.3) is 0 Å². The average molecular weight is 275 g/mol. The lowest BCUT2D eigenvalue weighted by Crippen LogP contribution is -2.44. The number of imide groups is 1. The molecule has 2 rings (SSSR count). The molecule has 1 aromatic rings. The smallest absolute Gasteiger partial charge is 0.230 e. The molecule has 0 aromatic heterocycles. The minimum atomic E-state index is -0.188. The van der Waals surface area contributed by atoms with Crippen molar-refractivity contribution in [2.75, 3.05) is 0 Å². The fraction of sp³-hybridized carbons (Fsp3) is 0.500. The first kappa shape index (κ1) is 14.6. The van der Waals surface area contributed by atoms with Crippen molar-refractivity contribution in [3.63, 3.8) is 0 Å². The van der Waals surface area contributed by atoms with Gasteiger partial charge in [-0.05, 0) is 38.0 Å². The minimum absolute atomic E-state index is 0.0330. The van der Waals surface area contributed by atoms with E-state index < -0.39 is 0 Å². The van der Waals surface area contributed by atoms with Gasteiger partial charge in [-0.25, -0.2) is 0 Å². The molecule has 1 aromatic carbocycles. The zero-order chi connectivity index (χ0) is 14.7. The van der Waals surface area contributed by atoms with E-state index in [4.69, 9.17) is 4.74 Å². The third kappa shape index (κ3) is 3.18. The van der Waals surface area contributed by atoms with Crippen LogP contribution in [0.15, 0.2) is 24.3 Å². The quantitative estimate of drug-likeness (QED) is 0.859. The molecule has 2 amide bonds. The van der Waals surface area contributed by atoms with Gasteiger partial charge in [0, 0.05) is 18.3 Å². The van der Waals surface area contributed by atoms with Crippen LogP contribution < -0.4 is 10.1 Å². The van der Waals surface area contributed by atoms with Crippen molar-refractivity contribution in [1.29, 1.82) is 0 Å². The molecule has 1 saturated heterocycles. The summed E-state index contributed by atoms with van der Waals surface area (Å²) in [5.41, 5.74) is 1.02. The maximum Gasteiger partial charge on any atom is 0.230 e. The predicted molar refractivity (Wildman–Crippen MR) is 76.5 cm³/mol. The van der Waals surface area contributed by atoms with E-state index in [1.54, 1.807) is 0 Å². The van der Waals surface area contributed by atoms with Crippen molar-refractivity contribution in [2.24, 2.45) is 5.92 Å². The Morgan fingerprint density at radius 1 is 1.25 bits per heavy atom. The fourth-order valence-electron chi connectivity index (χ4n) is 2.69. The molecule has 1 fully saturated rings. The fourth-order valence-corrected chi connectivity index (χ4v) is 2.69. The van der Waals surface area contributed by atoms with Gasteiger partial charge in [0.1, 0.15) is 5.75 Å². The lowest BCUT2D eigenvalue weighted by Gasteiger charge is -2.29. The summed E-state index contributed by atoms with van der Waals surface area (Å²) in [7, 11) is 0. The van der Waals surface area contributed by atoms with E-state index in [0.717, 1.165) is 17.7 Å². The maximum absolute atomic E-state index is 11.9.